The van der Waals surface area contributed by atoms with Gasteiger partial charge in [-0.05, 0) is 23.9 Å². The Morgan fingerprint density at radius 1 is 1.10 bits per heavy atom. The van der Waals surface area contributed by atoms with Gasteiger partial charge in [0.05, 0.1) is 4.88 Å². The Kier molecular flexibility index (Phi) is 4.18. The Morgan fingerprint density at radius 2 is 1.65 bits per heavy atom. The number of aryl methyl sites for hydroxylation is 1. The minimum atomic E-state index is -0.351. The smallest absolute Gasteiger partial charge is 0.264 e. The van der Waals surface area contributed by atoms with E-state index in [4.69, 9.17) is 0 Å². The molecule has 0 aromatic carbocycles. The quantitative estimate of drug-likeness (QED) is 0.798. The van der Waals surface area contributed by atoms with Crippen molar-refractivity contribution >= 4 is 23.2 Å². The molecule has 0 saturated carbocycles. The first kappa shape index (κ1) is 15.0. The number of carbonyl (C=O) groups excluding carboxylic acids is 2. The molecule has 1 fully saturated rings. The van der Waals surface area contributed by atoms with Gasteiger partial charge in [0.1, 0.15) is 0 Å². The second-order valence-corrected chi connectivity index (χ2v) is 7.18. The van der Waals surface area contributed by atoms with Gasteiger partial charge in [0.15, 0.2) is 0 Å². The highest BCUT2D eigenvalue weighted by Gasteiger charge is 2.31. The standard InChI is InChI=1S/C15H22N2O2S/c1-11-5-10-20-12(11)13(18)16-6-8-17(9-7-16)14(19)15(2,3)4/h5,10H,6-9H2,1-4H3. The summed E-state index contributed by atoms with van der Waals surface area (Å²) in [7, 11) is 0. The van der Waals surface area contributed by atoms with Crippen molar-refractivity contribution in [3.05, 3.63) is 21.9 Å². The molecule has 1 aliphatic heterocycles. The number of hydrogen-bond donors (Lipinski definition) is 0. The van der Waals surface area contributed by atoms with E-state index in [0.29, 0.717) is 26.2 Å². The monoisotopic (exact) mass is 294 g/mol. The van der Waals surface area contributed by atoms with E-state index < -0.39 is 0 Å². The summed E-state index contributed by atoms with van der Waals surface area (Å²) in [5.41, 5.74) is 0.685. The van der Waals surface area contributed by atoms with Crippen LogP contribution in [0.15, 0.2) is 11.4 Å². The third kappa shape index (κ3) is 3.03. The van der Waals surface area contributed by atoms with Gasteiger partial charge < -0.3 is 9.80 Å². The van der Waals surface area contributed by atoms with Crippen molar-refractivity contribution in [2.75, 3.05) is 26.2 Å². The minimum absolute atomic E-state index is 0.0976. The van der Waals surface area contributed by atoms with Gasteiger partial charge in [0.2, 0.25) is 5.91 Å². The fourth-order valence-corrected chi connectivity index (χ4v) is 3.21. The third-order valence-corrected chi connectivity index (χ3v) is 4.56. The molecule has 0 aliphatic carbocycles. The first-order valence-corrected chi connectivity index (χ1v) is 7.81. The first-order chi connectivity index (χ1) is 9.30. The second-order valence-electron chi connectivity index (χ2n) is 6.27. The maximum atomic E-state index is 12.4. The molecule has 0 atom stereocenters. The fraction of sp³-hybridized carbons (Fsp3) is 0.600. The van der Waals surface area contributed by atoms with E-state index in [1.165, 1.54) is 11.3 Å². The Bertz CT molecular complexity index is 508. The topological polar surface area (TPSA) is 40.6 Å². The van der Waals surface area contributed by atoms with E-state index in [1.807, 2.05) is 48.9 Å². The predicted molar refractivity (Wildman–Crippen MR) is 81.0 cm³/mol. The first-order valence-electron chi connectivity index (χ1n) is 6.93. The maximum absolute atomic E-state index is 12.4. The fourth-order valence-electron chi connectivity index (χ4n) is 2.32. The van der Waals surface area contributed by atoms with Gasteiger partial charge in [0, 0.05) is 31.6 Å². The lowest BCUT2D eigenvalue weighted by molar-refractivity contribution is -0.140. The molecule has 0 spiro atoms. The number of nitrogens with zero attached hydrogens (tertiary/aromatic N) is 2. The van der Waals surface area contributed by atoms with Gasteiger partial charge in [-0.2, -0.15) is 0 Å². The van der Waals surface area contributed by atoms with Crippen molar-refractivity contribution in [3.63, 3.8) is 0 Å². The van der Waals surface area contributed by atoms with E-state index in [2.05, 4.69) is 0 Å². The summed E-state index contributed by atoms with van der Waals surface area (Å²) in [4.78, 5) is 29.1. The third-order valence-electron chi connectivity index (χ3n) is 3.55. The van der Waals surface area contributed by atoms with E-state index in [9.17, 15) is 9.59 Å². The van der Waals surface area contributed by atoms with Crippen LogP contribution in [0.2, 0.25) is 0 Å². The SMILES string of the molecule is Cc1ccsc1C(=O)N1CCN(C(=O)C(C)(C)C)CC1. The average molecular weight is 294 g/mol. The van der Waals surface area contributed by atoms with Crippen LogP contribution in [0.4, 0.5) is 0 Å². The summed E-state index contributed by atoms with van der Waals surface area (Å²) in [6, 6.07) is 1.97. The number of hydrogen-bond acceptors (Lipinski definition) is 3. The molecule has 0 bridgehead atoms. The normalized spacial score (nSPS) is 16.4. The summed E-state index contributed by atoms with van der Waals surface area (Å²) in [5.74, 6) is 0.261. The molecule has 2 amide bonds. The molecule has 1 aliphatic rings. The number of thiophene rings is 1. The van der Waals surface area contributed by atoms with Crippen molar-refractivity contribution in [3.8, 4) is 0 Å². The summed E-state index contributed by atoms with van der Waals surface area (Å²) >= 11 is 1.49. The maximum Gasteiger partial charge on any atom is 0.264 e. The zero-order valence-corrected chi connectivity index (χ0v) is 13.4. The van der Waals surface area contributed by atoms with Gasteiger partial charge in [-0.1, -0.05) is 20.8 Å². The van der Waals surface area contributed by atoms with Gasteiger partial charge in [-0.15, -0.1) is 11.3 Å². The molecule has 4 nitrogen and oxygen atoms in total. The Labute approximate surface area is 124 Å². The minimum Gasteiger partial charge on any atom is -0.339 e. The summed E-state index contributed by atoms with van der Waals surface area (Å²) in [5, 5.41) is 1.95. The molecule has 1 aromatic heterocycles. The van der Waals surface area contributed by atoms with E-state index in [1.54, 1.807) is 0 Å². The van der Waals surface area contributed by atoms with Crippen LogP contribution in [-0.2, 0) is 4.79 Å². The predicted octanol–water partition coefficient (Wildman–Crippen LogP) is 2.39. The summed E-state index contributed by atoms with van der Waals surface area (Å²) < 4.78 is 0. The van der Waals surface area contributed by atoms with Crippen LogP contribution >= 0.6 is 11.3 Å². The molecule has 1 aromatic rings. The van der Waals surface area contributed by atoms with Gasteiger partial charge in [-0.3, -0.25) is 9.59 Å². The lowest BCUT2D eigenvalue weighted by atomic mass is 9.94. The molecular formula is C15H22N2O2S. The van der Waals surface area contributed by atoms with E-state index in [0.717, 1.165) is 10.4 Å². The molecule has 20 heavy (non-hydrogen) atoms. The molecule has 0 radical (unpaired) electrons. The van der Waals surface area contributed by atoms with Crippen LogP contribution in [0.5, 0.6) is 0 Å². The van der Waals surface area contributed by atoms with Gasteiger partial charge >= 0.3 is 0 Å². The molecule has 0 unspecified atom stereocenters. The average Bonchev–Trinajstić information content (AvgIpc) is 2.82. The van der Waals surface area contributed by atoms with Crippen LogP contribution in [0.3, 0.4) is 0 Å². The van der Waals surface area contributed by atoms with E-state index in [-0.39, 0.29) is 17.2 Å². The summed E-state index contributed by atoms with van der Waals surface area (Å²) in [6.45, 7) is 10.3. The van der Waals surface area contributed by atoms with Crippen molar-refractivity contribution in [2.24, 2.45) is 5.41 Å². The molecule has 2 heterocycles. The van der Waals surface area contributed by atoms with Crippen LogP contribution in [0.1, 0.15) is 36.0 Å². The number of rotatable bonds is 1. The molecule has 2 rings (SSSR count). The van der Waals surface area contributed by atoms with Crippen LogP contribution in [0, 0.1) is 12.3 Å². The van der Waals surface area contributed by atoms with Gasteiger partial charge in [0.25, 0.3) is 5.91 Å². The van der Waals surface area contributed by atoms with Crippen molar-refractivity contribution in [2.45, 2.75) is 27.7 Å². The molecule has 1 saturated heterocycles. The van der Waals surface area contributed by atoms with Crippen LogP contribution in [0.25, 0.3) is 0 Å². The van der Waals surface area contributed by atoms with Crippen molar-refractivity contribution in [1.82, 2.24) is 9.80 Å². The number of piperazine rings is 1. The second kappa shape index (κ2) is 5.56. The highest BCUT2D eigenvalue weighted by atomic mass is 32.1. The molecule has 5 heteroatoms. The van der Waals surface area contributed by atoms with Crippen molar-refractivity contribution < 1.29 is 9.59 Å². The highest BCUT2D eigenvalue weighted by molar-refractivity contribution is 7.12. The molecule has 110 valence electrons. The summed E-state index contributed by atoms with van der Waals surface area (Å²) in [6.07, 6.45) is 0. The lowest BCUT2D eigenvalue weighted by Crippen LogP contribution is -2.53. The van der Waals surface area contributed by atoms with Gasteiger partial charge in [-0.25, -0.2) is 0 Å². The zero-order valence-electron chi connectivity index (χ0n) is 12.6. The number of amides is 2. The molecular weight excluding hydrogens is 272 g/mol. The van der Waals surface area contributed by atoms with Crippen molar-refractivity contribution in [1.29, 1.82) is 0 Å². The molecule has 0 N–H and O–H groups in total. The zero-order chi connectivity index (χ0) is 14.9. The van der Waals surface area contributed by atoms with Crippen LogP contribution < -0.4 is 0 Å². The lowest BCUT2D eigenvalue weighted by Gasteiger charge is -2.37. The highest BCUT2D eigenvalue weighted by Crippen LogP contribution is 2.21. The Hall–Kier alpha value is -1.36. The Morgan fingerprint density at radius 3 is 2.10 bits per heavy atom. The van der Waals surface area contributed by atoms with E-state index >= 15 is 0 Å². The largest absolute Gasteiger partial charge is 0.339 e. The Balaban J connectivity index is 1.97. The number of carbonyl (C=O) groups is 2. The van der Waals surface area contributed by atoms with Crippen LogP contribution in [-0.4, -0.2) is 47.8 Å².